The van der Waals surface area contributed by atoms with Crippen LogP contribution in [0.5, 0.6) is 5.75 Å². The Balaban J connectivity index is 1.75. The molecule has 130 valence electrons. The Morgan fingerprint density at radius 3 is 2.73 bits per heavy atom. The van der Waals surface area contributed by atoms with E-state index in [2.05, 4.69) is 4.98 Å². The van der Waals surface area contributed by atoms with Crippen LogP contribution in [0.3, 0.4) is 0 Å². The van der Waals surface area contributed by atoms with Gasteiger partial charge in [0.2, 0.25) is 0 Å². The smallest absolute Gasteiger partial charge is 0.340 e. The third-order valence-electron chi connectivity index (χ3n) is 3.85. The summed E-state index contributed by atoms with van der Waals surface area (Å²) in [5.74, 6) is -0.831. The van der Waals surface area contributed by atoms with Gasteiger partial charge < -0.3 is 14.3 Å². The molecular weight excluding hydrogens is 357 g/mol. The van der Waals surface area contributed by atoms with Crippen LogP contribution in [0.2, 0.25) is 0 Å². The number of benzene rings is 2. The molecule has 2 heterocycles. The lowest BCUT2D eigenvalue weighted by Gasteiger charge is -2.04. The minimum atomic E-state index is -1.13. The molecule has 4 aromatic rings. The number of hydrogen-bond donors (Lipinski definition) is 1. The largest absolute Gasteiger partial charge is 0.487 e. The van der Waals surface area contributed by atoms with E-state index in [-0.39, 0.29) is 11.3 Å². The van der Waals surface area contributed by atoms with Crippen molar-refractivity contribution in [3.8, 4) is 17.1 Å². The van der Waals surface area contributed by atoms with E-state index in [9.17, 15) is 14.3 Å². The molecule has 0 aliphatic carbocycles. The van der Waals surface area contributed by atoms with Crippen LogP contribution in [0.15, 0.2) is 57.8 Å². The van der Waals surface area contributed by atoms with E-state index >= 15 is 0 Å². The number of nitrogens with zero attached hydrogens (tertiary/aromatic N) is 1. The molecule has 0 amide bonds. The zero-order valence-corrected chi connectivity index (χ0v) is 14.1. The van der Waals surface area contributed by atoms with Gasteiger partial charge in [0.25, 0.3) is 0 Å². The number of ether oxygens (including phenoxy) is 1. The molecule has 0 saturated heterocycles. The monoisotopic (exact) mass is 369 g/mol. The summed E-state index contributed by atoms with van der Waals surface area (Å²) in [7, 11) is 0. The minimum Gasteiger partial charge on any atom is -0.487 e. The SMILES string of the molecule is O=C(O)c1c(-c2ccc(F)cc2)oc2ccc(OCc3cscn3)cc12. The maximum absolute atomic E-state index is 13.2. The van der Waals surface area contributed by atoms with Gasteiger partial charge in [-0.3, -0.25) is 0 Å². The van der Waals surface area contributed by atoms with Gasteiger partial charge in [-0.25, -0.2) is 14.2 Å². The molecule has 0 unspecified atom stereocenters. The third kappa shape index (κ3) is 3.04. The molecule has 2 aromatic heterocycles. The molecule has 0 saturated carbocycles. The van der Waals surface area contributed by atoms with E-state index in [1.807, 2.05) is 5.38 Å². The fourth-order valence-electron chi connectivity index (χ4n) is 2.65. The fraction of sp³-hybridized carbons (Fsp3) is 0.0526. The molecule has 0 spiro atoms. The first-order valence-electron chi connectivity index (χ1n) is 7.67. The summed E-state index contributed by atoms with van der Waals surface area (Å²) in [6.07, 6.45) is 0. The highest BCUT2D eigenvalue weighted by Crippen LogP contribution is 2.35. The molecule has 0 fully saturated rings. The Morgan fingerprint density at radius 2 is 2.04 bits per heavy atom. The van der Waals surface area contributed by atoms with Gasteiger partial charge in [-0.1, -0.05) is 0 Å². The van der Waals surface area contributed by atoms with Crippen molar-refractivity contribution in [3.63, 3.8) is 0 Å². The lowest BCUT2D eigenvalue weighted by atomic mass is 10.1. The van der Waals surface area contributed by atoms with Crippen molar-refractivity contribution in [3.05, 3.63) is 70.4 Å². The minimum absolute atomic E-state index is 0.0192. The van der Waals surface area contributed by atoms with Crippen molar-refractivity contribution in [1.82, 2.24) is 4.98 Å². The number of aromatic carboxylic acids is 1. The summed E-state index contributed by atoms with van der Waals surface area (Å²) in [6, 6.07) is 10.5. The number of furan rings is 1. The summed E-state index contributed by atoms with van der Waals surface area (Å²) < 4.78 is 24.6. The Labute approximate surface area is 151 Å². The quantitative estimate of drug-likeness (QED) is 0.537. The molecule has 1 N–H and O–H groups in total. The van der Waals surface area contributed by atoms with E-state index in [4.69, 9.17) is 9.15 Å². The normalized spacial score (nSPS) is 11.0. The molecule has 0 radical (unpaired) electrons. The lowest BCUT2D eigenvalue weighted by Crippen LogP contribution is -1.98. The van der Waals surface area contributed by atoms with Crippen molar-refractivity contribution in [1.29, 1.82) is 0 Å². The fourth-order valence-corrected chi connectivity index (χ4v) is 3.19. The predicted molar refractivity (Wildman–Crippen MR) is 95.0 cm³/mol. The molecule has 0 aliphatic rings. The average Bonchev–Trinajstić information content (AvgIpc) is 3.27. The number of aromatic nitrogens is 1. The van der Waals surface area contributed by atoms with Crippen molar-refractivity contribution >= 4 is 28.3 Å². The lowest BCUT2D eigenvalue weighted by molar-refractivity contribution is 0.0699. The maximum Gasteiger partial charge on any atom is 0.340 e. The second kappa shape index (κ2) is 6.61. The third-order valence-corrected chi connectivity index (χ3v) is 4.49. The molecule has 4 rings (SSSR count). The molecule has 0 aliphatic heterocycles. The number of carboxylic acids is 1. The van der Waals surface area contributed by atoms with Crippen LogP contribution in [0.4, 0.5) is 4.39 Å². The van der Waals surface area contributed by atoms with Gasteiger partial charge in [0.05, 0.1) is 11.2 Å². The number of halogens is 1. The molecule has 5 nitrogen and oxygen atoms in total. The van der Waals surface area contributed by atoms with Crippen LogP contribution < -0.4 is 4.74 Å². The van der Waals surface area contributed by atoms with Crippen LogP contribution in [0.25, 0.3) is 22.3 Å². The maximum atomic E-state index is 13.2. The van der Waals surface area contributed by atoms with Crippen molar-refractivity contribution in [2.45, 2.75) is 6.61 Å². The van der Waals surface area contributed by atoms with Crippen molar-refractivity contribution < 1.29 is 23.4 Å². The van der Waals surface area contributed by atoms with E-state index < -0.39 is 11.8 Å². The number of hydrogen-bond acceptors (Lipinski definition) is 5. The van der Waals surface area contributed by atoms with Gasteiger partial charge in [-0.15, -0.1) is 11.3 Å². The summed E-state index contributed by atoms with van der Waals surface area (Å²) in [4.78, 5) is 16.0. The first kappa shape index (κ1) is 16.3. The first-order valence-corrected chi connectivity index (χ1v) is 8.62. The number of carboxylic acid groups (broad SMARTS) is 1. The van der Waals surface area contributed by atoms with Gasteiger partial charge >= 0.3 is 5.97 Å². The number of thiazole rings is 1. The number of fused-ring (bicyclic) bond motifs is 1. The molecule has 0 atom stereocenters. The molecule has 7 heteroatoms. The van der Waals surface area contributed by atoms with Crippen LogP contribution >= 0.6 is 11.3 Å². The zero-order chi connectivity index (χ0) is 18.1. The Bertz CT molecular complexity index is 1070. The molecule has 0 bridgehead atoms. The second-order valence-electron chi connectivity index (χ2n) is 5.54. The van der Waals surface area contributed by atoms with Crippen LogP contribution in [-0.2, 0) is 6.61 Å². The van der Waals surface area contributed by atoms with Gasteiger partial charge in [0, 0.05) is 16.3 Å². The van der Waals surface area contributed by atoms with Gasteiger partial charge in [-0.2, -0.15) is 0 Å². The van der Waals surface area contributed by atoms with Gasteiger partial charge in [-0.05, 0) is 42.5 Å². The summed E-state index contributed by atoms with van der Waals surface area (Å²) in [6.45, 7) is 0.292. The number of carbonyl (C=O) groups is 1. The highest BCUT2D eigenvalue weighted by molar-refractivity contribution is 7.07. The van der Waals surface area contributed by atoms with Crippen LogP contribution in [0, 0.1) is 5.82 Å². The van der Waals surface area contributed by atoms with E-state index in [1.165, 1.54) is 35.6 Å². The van der Waals surface area contributed by atoms with E-state index in [1.54, 1.807) is 23.7 Å². The summed E-state index contributed by atoms with van der Waals surface area (Å²) >= 11 is 1.48. The van der Waals surface area contributed by atoms with E-state index in [0.29, 0.717) is 28.9 Å². The highest BCUT2D eigenvalue weighted by atomic mass is 32.1. The van der Waals surface area contributed by atoms with E-state index in [0.717, 1.165) is 5.69 Å². The van der Waals surface area contributed by atoms with Crippen LogP contribution in [-0.4, -0.2) is 16.1 Å². The Morgan fingerprint density at radius 1 is 1.23 bits per heavy atom. The molecular formula is C19H12FNO4S. The Kier molecular flexibility index (Phi) is 4.14. The first-order chi connectivity index (χ1) is 12.6. The van der Waals surface area contributed by atoms with Gasteiger partial charge in [0.1, 0.15) is 35.1 Å². The van der Waals surface area contributed by atoms with Crippen molar-refractivity contribution in [2.24, 2.45) is 0 Å². The second-order valence-corrected chi connectivity index (χ2v) is 6.26. The predicted octanol–water partition coefficient (Wildman–Crippen LogP) is 4.97. The molecule has 26 heavy (non-hydrogen) atoms. The summed E-state index contributed by atoms with van der Waals surface area (Å²) in [5, 5.41) is 12.0. The number of rotatable bonds is 5. The summed E-state index contributed by atoms with van der Waals surface area (Å²) in [5.41, 5.74) is 3.45. The van der Waals surface area contributed by atoms with Gasteiger partial charge in [0.15, 0.2) is 0 Å². The Hall–Kier alpha value is -3.19. The standard InChI is InChI=1S/C19H12FNO4S/c20-12-3-1-11(2-4-12)18-17(19(22)23)15-7-14(5-6-16(15)25-18)24-8-13-9-26-10-21-13/h1-7,9-10H,8H2,(H,22,23). The zero-order valence-electron chi connectivity index (χ0n) is 13.3. The van der Waals surface area contributed by atoms with Crippen molar-refractivity contribution in [2.75, 3.05) is 0 Å². The highest BCUT2D eigenvalue weighted by Gasteiger charge is 2.22. The topological polar surface area (TPSA) is 72.6 Å². The molecule has 2 aromatic carbocycles. The van der Waals surface area contributed by atoms with Crippen LogP contribution in [0.1, 0.15) is 16.1 Å². The average molecular weight is 369 g/mol.